The average Bonchev–Trinajstić information content (AvgIpc) is 2.05. The van der Waals surface area contributed by atoms with Gasteiger partial charge < -0.3 is 10.2 Å². The highest BCUT2D eigenvalue weighted by Crippen LogP contribution is 2.27. The van der Waals surface area contributed by atoms with Gasteiger partial charge in [-0.2, -0.15) is 0 Å². The predicted octanol–water partition coefficient (Wildman–Crippen LogP) is 1.31. The SMILES string of the molecule is C[C@@H](O)[C@@H](O)C1CCCCC1. The Balaban J connectivity index is 2.32. The van der Waals surface area contributed by atoms with E-state index >= 15 is 0 Å². The fraction of sp³-hybridized carbons (Fsp3) is 1.00. The fourth-order valence-electron chi connectivity index (χ4n) is 1.87. The summed E-state index contributed by atoms with van der Waals surface area (Å²) in [6.45, 7) is 1.67. The third-order valence-electron chi connectivity index (χ3n) is 2.63. The first-order chi connectivity index (χ1) is 5.22. The number of hydrogen-bond acceptors (Lipinski definition) is 2. The van der Waals surface area contributed by atoms with Gasteiger partial charge in [-0.05, 0) is 25.7 Å². The zero-order chi connectivity index (χ0) is 8.27. The molecule has 66 valence electrons. The van der Waals surface area contributed by atoms with Crippen LogP contribution in [0.2, 0.25) is 0 Å². The number of rotatable bonds is 2. The first kappa shape index (κ1) is 9.01. The van der Waals surface area contributed by atoms with Crippen molar-refractivity contribution in [2.24, 2.45) is 5.92 Å². The lowest BCUT2D eigenvalue weighted by Gasteiger charge is -2.28. The van der Waals surface area contributed by atoms with Gasteiger partial charge in [0.1, 0.15) is 0 Å². The first-order valence-electron chi connectivity index (χ1n) is 4.58. The zero-order valence-corrected chi connectivity index (χ0v) is 7.16. The van der Waals surface area contributed by atoms with Gasteiger partial charge in [-0.3, -0.25) is 0 Å². The van der Waals surface area contributed by atoms with Crippen molar-refractivity contribution in [2.45, 2.75) is 51.2 Å². The molecule has 11 heavy (non-hydrogen) atoms. The Kier molecular flexibility index (Phi) is 3.34. The van der Waals surface area contributed by atoms with Gasteiger partial charge in [0, 0.05) is 0 Å². The smallest absolute Gasteiger partial charge is 0.0824 e. The Bertz CT molecular complexity index is 106. The third-order valence-corrected chi connectivity index (χ3v) is 2.63. The van der Waals surface area contributed by atoms with Crippen molar-refractivity contribution >= 4 is 0 Å². The van der Waals surface area contributed by atoms with Crippen LogP contribution in [-0.4, -0.2) is 22.4 Å². The second kappa shape index (κ2) is 4.07. The topological polar surface area (TPSA) is 40.5 Å². The molecule has 1 aliphatic rings. The maximum Gasteiger partial charge on any atom is 0.0824 e. The molecule has 0 radical (unpaired) electrons. The van der Waals surface area contributed by atoms with Crippen LogP contribution in [0.1, 0.15) is 39.0 Å². The Labute approximate surface area is 68.2 Å². The lowest BCUT2D eigenvalue weighted by molar-refractivity contribution is -0.0175. The van der Waals surface area contributed by atoms with Crippen LogP contribution in [-0.2, 0) is 0 Å². The highest BCUT2D eigenvalue weighted by atomic mass is 16.3. The van der Waals surface area contributed by atoms with E-state index in [1.807, 2.05) is 0 Å². The summed E-state index contributed by atoms with van der Waals surface area (Å²) in [6.07, 6.45) is 4.86. The minimum absolute atomic E-state index is 0.351. The zero-order valence-electron chi connectivity index (χ0n) is 7.16. The Morgan fingerprint density at radius 2 is 1.64 bits per heavy atom. The molecular formula is C9H18O2. The van der Waals surface area contributed by atoms with E-state index in [1.165, 1.54) is 19.3 Å². The summed E-state index contributed by atoms with van der Waals surface area (Å²) in [5, 5.41) is 18.6. The molecule has 0 aromatic carbocycles. The molecule has 0 heterocycles. The molecule has 0 saturated heterocycles. The van der Waals surface area contributed by atoms with Crippen LogP contribution in [0.3, 0.4) is 0 Å². The van der Waals surface area contributed by atoms with Gasteiger partial charge in [0.2, 0.25) is 0 Å². The van der Waals surface area contributed by atoms with Crippen molar-refractivity contribution in [1.82, 2.24) is 0 Å². The minimum atomic E-state index is -0.557. The molecule has 0 aromatic heterocycles. The van der Waals surface area contributed by atoms with Crippen molar-refractivity contribution in [3.8, 4) is 0 Å². The van der Waals surface area contributed by atoms with E-state index in [4.69, 9.17) is 5.11 Å². The highest BCUT2D eigenvalue weighted by molar-refractivity contribution is 4.76. The molecule has 1 aliphatic carbocycles. The second-order valence-electron chi connectivity index (χ2n) is 3.63. The summed E-state index contributed by atoms with van der Waals surface area (Å²) in [5.74, 6) is 0.351. The predicted molar refractivity (Wildman–Crippen MR) is 44.3 cm³/mol. The van der Waals surface area contributed by atoms with Gasteiger partial charge in [-0.15, -0.1) is 0 Å². The molecule has 1 fully saturated rings. The largest absolute Gasteiger partial charge is 0.391 e. The standard InChI is InChI=1S/C9H18O2/c1-7(10)9(11)8-5-3-2-4-6-8/h7-11H,2-6H2,1H3/t7-,9-/m1/s1. The molecule has 0 bridgehead atoms. The van der Waals surface area contributed by atoms with E-state index in [9.17, 15) is 5.11 Å². The van der Waals surface area contributed by atoms with E-state index in [2.05, 4.69) is 0 Å². The van der Waals surface area contributed by atoms with Crippen LogP contribution in [0.15, 0.2) is 0 Å². The molecule has 0 aromatic rings. The van der Waals surface area contributed by atoms with Crippen LogP contribution in [0.5, 0.6) is 0 Å². The summed E-state index contributed by atoms with van der Waals surface area (Å²) < 4.78 is 0. The minimum Gasteiger partial charge on any atom is -0.391 e. The molecule has 2 nitrogen and oxygen atoms in total. The number of aliphatic hydroxyl groups excluding tert-OH is 2. The normalized spacial score (nSPS) is 26.5. The Morgan fingerprint density at radius 1 is 1.09 bits per heavy atom. The van der Waals surface area contributed by atoms with Gasteiger partial charge in [-0.1, -0.05) is 19.3 Å². The van der Waals surface area contributed by atoms with Crippen LogP contribution in [0, 0.1) is 5.92 Å². The quantitative estimate of drug-likeness (QED) is 0.636. The molecular weight excluding hydrogens is 140 g/mol. The first-order valence-corrected chi connectivity index (χ1v) is 4.58. The molecule has 2 atom stereocenters. The molecule has 0 amide bonds. The second-order valence-corrected chi connectivity index (χ2v) is 3.63. The summed E-state index contributed by atoms with van der Waals surface area (Å²) >= 11 is 0. The number of hydrogen-bond donors (Lipinski definition) is 2. The fourth-order valence-corrected chi connectivity index (χ4v) is 1.87. The van der Waals surface area contributed by atoms with E-state index in [0.29, 0.717) is 5.92 Å². The van der Waals surface area contributed by atoms with Gasteiger partial charge in [-0.25, -0.2) is 0 Å². The van der Waals surface area contributed by atoms with Crippen LogP contribution in [0.25, 0.3) is 0 Å². The van der Waals surface area contributed by atoms with Gasteiger partial charge >= 0.3 is 0 Å². The molecule has 1 saturated carbocycles. The van der Waals surface area contributed by atoms with E-state index in [-0.39, 0.29) is 0 Å². The molecule has 0 spiro atoms. The van der Waals surface area contributed by atoms with E-state index in [1.54, 1.807) is 6.92 Å². The van der Waals surface area contributed by atoms with Gasteiger partial charge in [0.15, 0.2) is 0 Å². The average molecular weight is 158 g/mol. The van der Waals surface area contributed by atoms with Crippen LogP contribution in [0.4, 0.5) is 0 Å². The maximum absolute atomic E-state index is 9.50. The molecule has 0 unspecified atom stereocenters. The third kappa shape index (κ3) is 2.46. The van der Waals surface area contributed by atoms with Crippen molar-refractivity contribution < 1.29 is 10.2 Å². The van der Waals surface area contributed by atoms with Gasteiger partial charge in [0.25, 0.3) is 0 Å². The van der Waals surface area contributed by atoms with E-state index in [0.717, 1.165) is 12.8 Å². The van der Waals surface area contributed by atoms with Crippen molar-refractivity contribution in [3.05, 3.63) is 0 Å². The summed E-state index contributed by atoms with van der Waals surface area (Å²) in [4.78, 5) is 0. The van der Waals surface area contributed by atoms with Crippen molar-refractivity contribution in [2.75, 3.05) is 0 Å². The summed E-state index contributed by atoms with van der Waals surface area (Å²) in [5.41, 5.74) is 0. The molecule has 0 aliphatic heterocycles. The summed E-state index contributed by atoms with van der Waals surface area (Å²) in [7, 11) is 0. The molecule has 1 rings (SSSR count). The Morgan fingerprint density at radius 3 is 2.09 bits per heavy atom. The lowest BCUT2D eigenvalue weighted by Crippen LogP contribution is -2.32. The van der Waals surface area contributed by atoms with Crippen molar-refractivity contribution in [3.63, 3.8) is 0 Å². The maximum atomic E-state index is 9.50. The lowest BCUT2D eigenvalue weighted by atomic mass is 9.84. The summed E-state index contributed by atoms with van der Waals surface area (Å²) in [6, 6.07) is 0. The van der Waals surface area contributed by atoms with Crippen LogP contribution < -0.4 is 0 Å². The van der Waals surface area contributed by atoms with Gasteiger partial charge in [0.05, 0.1) is 12.2 Å². The molecule has 2 heteroatoms. The van der Waals surface area contributed by atoms with E-state index < -0.39 is 12.2 Å². The van der Waals surface area contributed by atoms with Crippen LogP contribution >= 0.6 is 0 Å². The molecule has 2 N–H and O–H groups in total. The highest BCUT2D eigenvalue weighted by Gasteiger charge is 2.24. The number of aliphatic hydroxyl groups is 2. The van der Waals surface area contributed by atoms with Crippen molar-refractivity contribution in [1.29, 1.82) is 0 Å². The monoisotopic (exact) mass is 158 g/mol. The Hall–Kier alpha value is -0.0800.